The Morgan fingerprint density at radius 3 is 2.55 bits per heavy atom. The van der Waals surface area contributed by atoms with Gasteiger partial charge in [0, 0.05) is 34.3 Å². The SMILES string of the molecule is CCOC(=O)c1c(C)nc2c(ccn2Cc2ccc(F)cc2)c1-c1ccc(Cl)cc1F. The molecule has 158 valence electrons. The molecule has 4 rings (SSSR count). The van der Waals surface area contributed by atoms with Crippen molar-refractivity contribution in [3.8, 4) is 11.1 Å². The van der Waals surface area contributed by atoms with Gasteiger partial charge in [-0.3, -0.25) is 0 Å². The van der Waals surface area contributed by atoms with E-state index in [0.717, 1.165) is 5.56 Å². The van der Waals surface area contributed by atoms with Crippen LogP contribution in [0.3, 0.4) is 0 Å². The maximum absolute atomic E-state index is 14.9. The largest absolute Gasteiger partial charge is 0.462 e. The van der Waals surface area contributed by atoms with Gasteiger partial charge in [-0.05, 0) is 55.8 Å². The van der Waals surface area contributed by atoms with Crippen molar-refractivity contribution in [3.05, 3.63) is 88.2 Å². The van der Waals surface area contributed by atoms with E-state index >= 15 is 0 Å². The Morgan fingerprint density at radius 1 is 1.13 bits per heavy atom. The topological polar surface area (TPSA) is 44.1 Å². The van der Waals surface area contributed by atoms with E-state index in [2.05, 4.69) is 4.98 Å². The van der Waals surface area contributed by atoms with Crippen molar-refractivity contribution >= 4 is 28.6 Å². The second-order valence-corrected chi connectivity index (χ2v) is 7.54. The van der Waals surface area contributed by atoms with Crippen LogP contribution in [-0.4, -0.2) is 22.1 Å². The lowest BCUT2D eigenvalue weighted by atomic mass is 9.95. The van der Waals surface area contributed by atoms with Crippen molar-refractivity contribution in [2.45, 2.75) is 20.4 Å². The highest BCUT2D eigenvalue weighted by atomic mass is 35.5. The highest BCUT2D eigenvalue weighted by Gasteiger charge is 2.25. The molecule has 7 heteroatoms. The molecule has 4 nitrogen and oxygen atoms in total. The highest BCUT2D eigenvalue weighted by molar-refractivity contribution is 6.30. The first kappa shape index (κ1) is 21.0. The number of hydrogen-bond donors (Lipinski definition) is 0. The molecule has 2 aromatic carbocycles. The van der Waals surface area contributed by atoms with Crippen molar-refractivity contribution in [3.63, 3.8) is 0 Å². The molecule has 0 bridgehead atoms. The number of hydrogen-bond acceptors (Lipinski definition) is 3. The second kappa shape index (κ2) is 8.47. The van der Waals surface area contributed by atoms with E-state index in [9.17, 15) is 13.6 Å². The van der Waals surface area contributed by atoms with E-state index in [-0.39, 0.29) is 28.6 Å². The monoisotopic (exact) mass is 440 g/mol. The van der Waals surface area contributed by atoms with Gasteiger partial charge in [0.2, 0.25) is 0 Å². The van der Waals surface area contributed by atoms with E-state index in [1.165, 1.54) is 18.2 Å². The van der Waals surface area contributed by atoms with E-state index < -0.39 is 11.8 Å². The highest BCUT2D eigenvalue weighted by Crippen LogP contribution is 2.36. The van der Waals surface area contributed by atoms with Crippen LogP contribution in [0.1, 0.15) is 28.5 Å². The van der Waals surface area contributed by atoms with Crippen LogP contribution in [0.5, 0.6) is 0 Å². The lowest BCUT2D eigenvalue weighted by Crippen LogP contribution is -2.12. The normalized spacial score (nSPS) is 11.1. The van der Waals surface area contributed by atoms with Gasteiger partial charge in [-0.25, -0.2) is 18.6 Å². The zero-order valence-corrected chi connectivity index (χ0v) is 17.7. The van der Waals surface area contributed by atoms with Crippen LogP contribution >= 0.6 is 11.6 Å². The Bertz CT molecular complexity index is 1280. The Kier molecular flexibility index (Phi) is 5.74. The van der Waals surface area contributed by atoms with Crippen molar-refractivity contribution in [1.82, 2.24) is 9.55 Å². The molecule has 2 aromatic heterocycles. The molecule has 4 aromatic rings. The van der Waals surface area contributed by atoms with Gasteiger partial charge in [0.15, 0.2) is 0 Å². The molecule has 31 heavy (non-hydrogen) atoms. The first-order valence-corrected chi connectivity index (χ1v) is 10.1. The van der Waals surface area contributed by atoms with Crippen LogP contribution in [0.15, 0.2) is 54.7 Å². The minimum Gasteiger partial charge on any atom is -0.462 e. The standard InChI is InChI=1S/C24H19ClF2N2O2/c1-3-31-24(30)21-14(2)28-23-19(22(21)18-9-6-16(25)12-20(18)27)10-11-29(23)13-15-4-7-17(26)8-5-15/h4-12H,3,13H2,1-2H3. The van der Waals surface area contributed by atoms with Crippen LogP contribution < -0.4 is 0 Å². The number of aromatic nitrogens is 2. The van der Waals surface area contributed by atoms with Gasteiger partial charge in [0.25, 0.3) is 0 Å². The molecular formula is C24H19ClF2N2O2. The molecule has 0 fully saturated rings. The second-order valence-electron chi connectivity index (χ2n) is 7.10. The minimum absolute atomic E-state index is 0.185. The van der Waals surface area contributed by atoms with E-state index in [1.807, 2.05) is 10.8 Å². The fraction of sp³-hybridized carbons (Fsp3) is 0.167. The number of nitrogens with zero attached hydrogens (tertiary/aromatic N) is 2. The van der Waals surface area contributed by atoms with Gasteiger partial charge < -0.3 is 9.30 Å². The molecule has 0 radical (unpaired) electrons. The number of benzene rings is 2. The molecule has 0 amide bonds. The third-order valence-corrected chi connectivity index (χ3v) is 5.27. The summed E-state index contributed by atoms with van der Waals surface area (Å²) in [4.78, 5) is 17.4. The number of aryl methyl sites for hydroxylation is 1. The van der Waals surface area contributed by atoms with Gasteiger partial charge >= 0.3 is 5.97 Å². The Hall–Kier alpha value is -3.25. The molecule has 0 N–H and O–H groups in total. The predicted octanol–water partition coefficient (Wildman–Crippen LogP) is 6.17. The van der Waals surface area contributed by atoms with E-state index in [1.54, 1.807) is 44.2 Å². The van der Waals surface area contributed by atoms with Gasteiger partial charge in [-0.2, -0.15) is 0 Å². The summed E-state index contributed by atoms with van der Waals surface area (Å²) in [6.07, 6.45) is 1.81. The van der Waals surface area contributed by atoms with Gasteiger partial charge in [0.1, 0.15) is 17.3 Å². The molecule has 0 aliphatic heterocycles. The van der Waals surface area contributed by atoms with Gasteiger partial charge in [-0.1, -0.05) is 23.7 Å². The zero-order valence-electron chi connectivity index (χ0n) is 17.0. The molecule has 0 saturated heterocycles. The summed E-state index contributed by atoms with van der Waals surface area (Å²) < 4.78 is 35.3. The number of rotatable bonds is 5. The van der Waals surface area contributed by atoms with Crippen LogP contribution in [0.4, 0.5) is 8.78 Å². The number of halogens is 3. The zero-order chi connectivity index (χ0) is 22.1. The first-order valence-electron chi connectivity index (χ1n) is 9.75. The lowest BCUT2D eigenvalue weighted by molar-refractivity contribution is 0.0526. The quantitative estimate of drug-likeness (QED) is 0.349. The first-order chi connectivity index (χ1) is 14.9. The number of fused-ring (bicyclic) bond motifs is 1. The number of carbonyl (C=O) groups excluding carboxylic acids is 1. The van der Waals surface area contributed by atoms with Crippen molar-refractivity contribution < 1.29 is 18.3 Å². The maximum Gasteiger partial charge on any atom is 0.340 e. The fourth-order valence-corrected chi connectivity index (χ4v) is 3.81. The average molecular weight is 441 g/mol. The molecule has 0 aliphatic rings. The third kappa shape index (κ3) is 4.03. The number of ether oxygens (including phenoxy) is 1. The fourth-order valence-electron chi connectivity index (χ4n) is 3.65. The summed E-state index contributed by atoms with van der Waals surface area (Å²) in [5.74, 6) is -1.42. The van der Waals surface area contributed by atoms with Crippen LogP contribution in [0.25, 0.3) is 22.2 Å². The van der Waals surface area contributed by atoms with Crippen molar-refractivity contribution in [2.75, 3.05) is 6.61 Å². The average Bonchev–Trinajstić information content (AvgIpc) is 3.11. The number of esters is 1. The summed E-state index contributed by atoms with van der Waals surface area (Å²) in [6, 6.07) is 12.3. The summed E-state index contributed by atoms with van der Waals surface area (Å²) in [7, 11) is 0. The smallest absolute Gasteiger partial charge is 0.340 e. The van der Waals surface area contributed by atoms with Crippen molar-refractivity contribution in [1.29, 1.82) is 0 Å². The maximum atomic E-state index is 14.9. The van der Waals surface area contributed by atoms with Crippen LogP contribution in [-0.2, 0) is 11.3 Å². The molecule has 0 spiro atoms. The molecule has 0 saturated carbocycles. The van der Waals surface area contributed by atoms with Gasteiger partial charge in [0.05, 0.1) is 17.9 Å². The Balaban J connectivity index is 1.95. The van der Waals surface area contributed by atoms with E-state index in [0.29, 0.717) is 28.8 Å². The minimum atomic E-state index is -0.565. The van der Waals surface area contributed by atoms with Gasteiger partial charge in [-0.15, -0.1) is 0 Å². The summed E-state index contributed by atoms with van der Waals surface area (Å²) >= 11 is 5.94. The molecule has 0 aliphatic carbocycles. The third-order valence-electron chi connectivity index (χ3n) is 5.04. The number of carbonyl (C=O) groups is 1. The predicted molar refractivity (Wildman–Crippen MR) is 116 cm³/mol. The van der Waals surface area contributed by atoms with Crippen LogP contribution in [0.2, 0.25) is 5.02 Å². The molecule has 0 unspecified atom stereocenters. The van der Waals surface area contributed by atoms with Crippen LogP contribution in [0, 0.1) is 18.6 Å². The molecular weight excluding hydrogens is 422 g/mol. The van der Waals surface area contributed by atoms with E-state index in [4.69, 9.17) is 16.3 Å². The number of pyridine rings is 1. The van der Waals surface area contributed by atoms with Crippen molar-refractivity contribution in [2.24, 2.45) is 0 Å². The summed E-state index contributed by atoms with van der Waals surface area (Å²) in [6.45, 7) is 4.03. The Labute approximate surface area is 183 Å². The molecule has 0 atom stereocenters. The summed E-state index contributed by atoms with van der Waals surface area (Å²) in [5.41, 5.74) is 2.76. The lowest BCUT2D eigenvalue weighted by Gasteiger charge is -2.15. The Morgan fingerprint density at radius 2 is 1.87 bits per heavy atom. The summed E-state index contributed by atoms with van der Waals surface area (Å²) in [5, 5.41) is 0.867. The molecule has 2 heterocycles.